The van der Waals surface area contributed by atoms with Gasteiger partial charge in [0.15, 0.2) is 11.5 Å². The summed E-state index contributed by atoms with van der Waals surface area (Å²) in [7, 11) is 3.10. The zero-order valence-corrected chi connectivity index (χ0v) is 18.4. The fraction of sp³-hybridized carbons (Fsp3) is 0.333. The van der Waals surface area contributed by atoms with E-state index >= 15 is 0 Å². The predicted octanol–water partition coefficient (Wildman–Crippen LogP) is 3.63. The number of benzene rings is 2. The highest BCUT2D eigenvalue weighted by molar-refractivity contribution is 6.36. The van der Waals surface area contributed by atoms with E-state index in [0.717, 1.165) is 5.56 Å². The quantitative estimate of drug-likeness (QED) is 0.464. The van der Waals surface area contributed by atoms with Crippen LogP contribution in [0, 0.1) is 6.92 Å². The summed E-state index contributed by atoms with van der Waals surface area (Å²) in [6.45, 7) is 5.27. The Balaban J connectivity index is 1.96. The molecule has 164 valence electrons. The van der Waals surface area contributed by atoms with E-state index in [0.29, 0.717) is 54.5 Å². The summed E-state index contributed by atoms with van der Waals surface area (Å²) in [5.41, 5.74) is 2.99. The molecule has 0 spiro atoms. The molecule has 2 aromatic rings. The Bertz CT molecular complexity index is 982. The monoisotopic (exact) mass is 424 g/mol. The van der Waals surface area contributed by atoms with E-state index in [2.05, 4.69) is 5.32 Å². The molecule has 3 rings (SSSR count). The maximum atomic E-state index is 13.2. The van der Waals surface area contributed by atoms with Crippen LogP contribution in [0.25, 0.3) is 5.57 Å². The summed E-state index contributed by atoms with van der Waals surface area (Å²) in [5.74, 6) is 0.433. The van der Waals surface area contributed by atoms with Crippen molar-refractivity contribution in [3.05, 3.63) is 59.3 Å². The predicted molar refractivity (Wildman–Crippen MR) is 119 cm³/mol. The van der Waals surface area contributed by atoms with Crippen LogP contribution in [0.2, 0.25) is 0 Å². The molecule has 1 N–H and O–H groups in total. The number of nitrogens with zero attached hydrogens (tertiary/aromatic N) is 1. The Morgan fingerprint density at radius 3 is 2.29 bits per heavy atom. The second-order valence-electron chi connectivity index (χ2n) is 7.12. The third-order valence-corrected chi connectivity index (χ3v) is 5.04. The number of aryl methyl sites for hydroxylation is 1. The maximum absolute atomic E-state index is 13.2. The van der Waals surface area contributed by atoms with Crippen molar-refractivity contribution in [1.82, 2.24) is 4.90 Å². The molecule has 31 heavy (non-hydrogen) atoms. The standard InChI is InChI=1S/C24H28N2O5/c1-5-31-14-6-13-26-23(27)21(17-9-7-16(2)8-10-17)22(24(26)28)25-18-11-12-19(29-3)20(15-18)30-4/h7-12,15,25H,5-6,13-14H2,1-4H3. The molecule has 2 amide bonds. The van der Waals surface area contributed by atoms with Crippen LogP contribution in [0.5, 0.6) is 11.5 Å². The van der Waals surface area contributed by atoms with Crippen molar-refractivity contribution in [3.8, 4) is 11.5 Å². The van der Waals surface area contributed by atoms with E-state index in [-0.39, 0.29) is 17.5 Å². The number of rotatable bonds is 10. The first-order valence-corrected chi connectivity index (χ1v) is 10.2. The van der Waals surface area contributed by atoms with Crippen LogP contribution >= 0.6 is 0 Å². The van der Waals surface area contributed by atoms with Gasteiger partial charge in [0.1, 0.15) is 5.70 Å². The van der Waals surface area contributed by atoms with E-state index in [4.69, 9.17) is 14.2 Å². The molecule has 2 aromatic carbocycles. The molecule has 7 nitrogen and oxygen atoms in total. The molecule has 0 atom stereocenters. The van der Waals surface area contributed by atoms with Gasteiger partial charge in [-0.2, -0.15) is 0 Å². The summed E-state index contributed by atoms with van der Waals surface area (Å²) >= 11 is 0. The molecule has 0 fully saturated rings. The third kappa shape index (κ3) is 4.88. The van der Waals surface area contributed by atoms with E-state index in [1.165, 1.54) is 4.90 Å². The van der Waals surface area contributed by atoms with Crippen molar-refractivity contribution in [2.45, 2.75) is 20.3 Å². The summed E-state index contributed by atoms with van der Waals surface area (Å²) in [4.78, 5) is 27.7. The minimum absolute atomic E-state index is 0.248. The Morgan fingerprint density at radius 2 is 1.65 bits per heavy atom. The average Bonchev–Trinajstić information content (AvgIpc) is 3.01. The number of anilines is 1. The van der Waals surface area contributed by atoms with Gasteiger partial charge >= 0.3 is 0 Å². The summed E-state index contributed by atoms with van der Waals surface area (Å²) in [6.07, 6.45) is 0.580. The van der Waals surface area contributed by atoms with Crippen LogP contribution in [0.15, 0.2) is 48.2 Å². The van der Waals surface area contributed by atoms with Gasteiger partial charge in [0.25, 0.3) is 11.8 Å². The molecular weight excluding hydrogens is 396 g/mol. The number of amides is 2. The van der Waals surface area contributed by atoms with Gasteiger partial charge in [0.2, 0.25) is 0 Å². The molecule has 0 aliphatic carbocycles. The van der Waals surface area contributed by atoms with Gasteiger partial charge in [-0.25, -0.2) is 0 Å². The Labute approximate surface area is 182 Å². The zero-order valence-electron chi connectivity index (χ0n) is 18.4. The molecule has 1 aliphatic rings. The molecule has 0 radical (unpaired) electrons. The Kier molecular flexibility index (Phi) is 7.31. The lowest BCUT2D eigenvalue weighted by atomic mass is 10.0. The van der Waals surface area contributed by atoms with Crippen LogP contribution < -0.4 is 14.8 Å². The highest BCUT2D eigenvalue weighted by Crippen LogP contribution is 2.34. The zero-order chi connectivity index (χ0) is 22.4. The van der Waals surface area contributed by atoms with Crippen molar-refractivity contribution in [3.63, 3.8) is 0 Å². The largest absolute Gasteiger partial charge is 0.493 e. The number of hydrogen-bond donors (Lipinski definition) is 1. The lowest BCUT2D eigenvalue weighted by Gasteiger charge is -2.15. The molecule has 0 saturated carbocycles. The van der Waals surface area contributed by atoms with E-state index in [1.54, 1.807) is 32.4 Å². The van der Waals surface area contributed by atoms with Gasteiger partial charge in [0.05, 0.1) is 19.8 Å². The molecular formula is C24H28N2O5. The van der Waals surface area contributed by atoms with Crippen LogP contribution in [-0.2, 0) is 14.3 Å². The van der Waals surface area contributed by atoms with Gasteiger partial charge in [-0.1, -0.05) is 29.8 Å². The molecule has 0 unspecified atom stereocenters. The fourth-order valence-electron chi connectivity index (χ4n) is 3.41. The number of ether oxygens (including phenoxy) is 3. The van der Waals surface area contributed by atoms with Crippen molar-refractivity contribution in [2.75, 3.05) is 39.3 Å². The number of nitrogens with one attached hydrogen (secondary N) is 1. The fourth-order valence-corrected chi connectivity index (χ4v) is 3.41. The Hall–Kier alpha value is -3.32. The minimum Gasteiger partial charge on any atom is -0.493 e. The van der Waals surface area contributed by atoms with Gasteiger partial charge < -0.3 is 19.5 Å². The van der Waals surface area contributed by atoms with E-state index in [1.807, 2.05) is 38.1 Å². The molecule has 0 saturated heterocycles. The third-order valence-electron chi connectivity index (χ3n) is 5.04. The van der Waals surface area contributed by atoms with Crippen LogP contribution in [0.4, 0.5) is 5.69 Å². The lowest BCUT2D eigenvalue weighted by Crippen LogP contribution is -2.34. The summed E-state index contributed by atoms with van der Waals surface area (Å²) in [5, 5.41) is 3.14. The van der Waals surface area contributed by atoms with Gasteiger partial charge in [-0.15, -0.1) is 0 Å². The van der Waals surface area contributed by atoms with Crippen LogP contribution in [0.1, 0.15) is 24.5 Å². The topological polar surface area (TPSA) is 77.1 Å². The first kappa shape index (κ1) is 22.4. The van der Waals surface area contributed by atoms with E-state index in [9.17, 15) is 9.59 Å². The van der Waals surface area contributed by atoms with Gasteiger partial charge in [0, 0.05) is 31.5 Å². The SMILES string of the molecule is CCOCCCN1C(=O)C(Nc2ccc(OC)c(OC)c2)=C(c2ccc(C)cc2)C1=O. The second-order valence-corrected chi connectivity index (χ2v) is 7.12. The first-order valence-electron chi connectivity index (χ1n) is 10.2. The molecule has 1 heterocycles. The first-order chi connectivity index (χ1) is 15.0. The van der Waals surface area contributed by atoms with Crippen molar-refractivity contribution < 1.29 is 23.8 Å². The second kappa shape index (κ2) is 10.1. The number of hydrogen-bond acceptors (Lipinski definition) is 6. The number of methoxy groups -OCH3 is 2. The molecule has 7 heteroatoms. The highest BCUT2D eigenvalue weighted by Gasteiger charge is 2.38. The molecule has 0 aromatic heterocycles. The normalized spacial score (nSPS) is 13.7. The lowest BCUT2D eigenvalue weighted by molar-refractivity contribution is -0.137. The molecule has 1 aliphatic heterocycles. The van der Waals surface area contributed by atoms with Crippen molar-refractivity contribution in [2.24, 2.45) is 0 Å². The number of carbonyl (C=O) groups is 2. The highest BCUT2D eigenvalue weighted by atomic mass is 16.5. The molecule has 0 bridgehead atoms. The average molecular weight is 424 g/mol. The summed E-state index contributed by atoms with van der Waals surface area (Å²) in [6, 6.07) is 12.8. The van der Waals surface area contributed by atoms with Crippen LogP contribution in [-0.4, -0.2) is 50.7 Å². The van der Waals surface area contributed by atoms with Crippen molar-refractivity contribution >= 4 is 23.1 Å². The minimum atomic E-state index is -0.355. The van der Waals surface area contributed by atoms with Crippen LogP contribution in [0.3, 0.4) is 0 Å². The number of carbonyl (C=O) groups excluding carboxylic acids is 2. The van der Waals surface area contributed by atoms with Gasteiger partial charge in [-0.3, -0.25) is 14.5 Å². The van der Waals surface area contributed by atoms with E-state index < -0.39 is 0 Å². The van der Waals surface area contributed by atoms with Gasteiger partial charge in [-0.05, 0) is 38.0 Å². The van der Waals surface area contributed by atoms with Crippen molar-refractivity contribution in [1.29, 1.82) is 0 Å². The summed E-state index contributed by atoms with van der Waals surface area (Å²) < 4.78 is 16.0. The number of imide groups is 1. The smallest absolute Gasteiger partial charge is 0.278 e. The maximum Gasteiger partial charge on any atom is 0.278 e. The Morgan fingerprint density at radius 1 is 0.935 bits per heavy atom.